The van der Waals surface area contributed by atoms with E-state index in [1.165, 1.54) is 24.6 Å². The van der Waals surface area contributed by atoms with Gasteiger partial charge in [-0.1, -0.05) is 6.42 Å². The molecule has 0 aromatic carbocycles. The molecular weight excluding hydrogens is 449 g/mol. The summed E-state index contributed by atoms with van der Waals surface area (Å²) >= 11 is 2.04. The van der Waals surface area contributed by atoms with Crippen LogP contribution in [0.15, 0.2) is 4.99 Å². The van der Waals surface area contributed by atoms with Crippen molar-refractivity contribution in [3.05, 3.63) is 0 Å². The van der Waals surface area contributed by atoms with Crippen molar-refractivity contribution in [2.24, 2.45) is 10.9 Å². The van der Waals surface area contributed by atoms with Crippen molar-refractivity contribution < 1.29 is 4.79 Å². The van der Waals surface area contributed by atoms with Crippen LogP contribution < -0.4 is 10.6 Å². The largest absolute Gasteiger partial charge is 0.355 e. The van der Waals surface area contributed by atoms with Crippen LogP contribution in [-0.2, 0) is 4.79 Å². The van der Waals surface area contributed by atoms with Gasteiger partial charge in [-0.3, -0.25) is 14.7 Å². The second-order valence-corrected chi connectivity index (χ2v) is 8.12. The van der Waals surface area contributed by atoms with Crippen molar-refractivity contribution in [3.63, 3.8) is 0 Å². The highest BCUT2D eigenvalue weighted by Crippen LogP contribution is 2.25. The van der Waals surface area contributed by atoms with Crippen LogP contribution >= 0.6 is 35.7 Å². The fraction of sp³-hybridized carbons (Fsp3) is 0.882. The highest BCUT2D eigenvalue weighted by Gasteiger charge is 2.28. The predicted molar refractivity (Wildman–Crippen MR) is 118 cm³/mol. The van der Waals surface area contributed by atoms with E-state index in [4.69, 9.17) is 0 Å². The quantitative estimate of drug-likeness (QED) is 0.353. The molecule has 2 rings (SSSR count). The Bertz CT molecular complexity index is 429. The van der Waals surface area contributed by atoms with E-state index < -0.39 is 0 Å². The van der Waals surface area contributed by atoms with Crippen molar-refractivity contribution in [1.82, 2.24) is 20.4 Å². The average Bonchev–Trinajstić information content (AvgIpc) is 2.61. The van der Waals surface area contributed by atoms with Gasteiger partial charge in [0.15, 0.2) is 5.96 Å². The molecule has 1 saturated heterocycles. The van der Waals surface area contributed by atoms with Gasteiger partial charge in [-0.05, 0) is 19.3 Å². The molecule has 1 saturated carbocycles. The number of rotatable bonds is 5. The molecule has 2 fully saturated rings. The second-order valence-electron chi connectivity index (χ2n) is 6.89. The number of nitrogens with zero attached hydrogens (tertiary/aromatic N) is 3. The van der Waals surface area contributed by atoms with Gasteiger partial charge >= 0.3 is 0 Å². The van der Waals surface area contributed by atoms with E-state index in [1.54, 1.807) is 4.90 Å². The number of halogens is 1. The Morgan fingerprint density at radius 3 is 2.64 bits per heavy atom. The molecule has 1 amide bonds. The molecule has 1 aliphatic heterocycles. The molecule has 2 aliphatic rings. The van der Waals surface area contributed by atoms with Crippen molar-refractivity contribution in [1.29, 1.82) is 0 Å². The molecule has 1 aliphatic carbocycles. The molecule has 1 heterocycles. The van der Waals surface area contributed by atoms with Gasteiger partial charge in [0.25, 0.3) is 0 Å². The van der Waals surface area contributed by atoms with Crippen LogP contribution in [0.2, 0.25) is 0 Å². The Hall–Kier alpha value is -0.220. The summed E-state index contributed by atoms with van der Waals surface area (Å²) in [7, 11) is 5.51. The van der Waals surface area contributed by atoms with Gasteiger partial charge in [-0.25, -0.2) is 0 Å². The topological polar surface area (TPSA) is 60.0 Å². The van der Waals surface area contributed by atoms with E-state index in [2.05, 4.69) is 20.5 Å². The monoisotopic (exact) mass is 483 g/mol. The van der Waals surface area contributed by atoms with Gasteiger partial charge in [0, 0.05) is 70.8 Å². The molecule has 8 heteroatoms. The van der Waals surface area contributed by atoms with Gasteiger partial charge in [0.2, 0.25) is 5.91 Å². The van der Waals surface area contributed by atoms with Crippen molar-refractivity contribution in [2.45, 2.75) is 31.7 Å². The van der Waals surface area contributed by atoms with E-state index in [0.29, 0.717) is 6.04 Å². The SMILES string of the molecule is CN=C(NCCN1CCSCC1)NC1CCCC(C(=O)N(C)C)C1.I. The molecule has 146 valence electrons. The van der Waals surface area contributed by atoms with E-state index in [-0.39, 0.29) is 35.8 Å². The van der Waals surface area contributed by atoms with Crippen LogP contribution in [0.4, 0.5) is 0 Å². The first-order valence-electron chi connectivity index (χ1n) is 9.08. The van der Waals surface area contributed by atoms with Crippen molar-refractivity contribution >= 4 is 47.6 Å². The first kappa shape index (κ1) is 22.8. The third-order valence-electron chi connectivity index (χ3n) is 4.85. The van der Waals surface area contributed by atoms with Gasteiger partial charge in [-0.15, -0.1) is 24.0 Å². The standard InChI is InChI=1S/C17H33N5OS.HI/c1-18-17(19-7-8-22-9-11-24-12-10-22)20-15-6-4-5-14(13-15)16(23)21(2)3;/h14-15H,4-13H2,1-3H3,(H2,18,19,20);1H. The van der Waals surface area contributed by atoms with E-state index in [9.17, 15) is 4.79 Å². The van der Waals surface area contributed by atoms with Crippen molar-refractivity contribution in [3.8, 4) is 0 Å². The summed E-state index contributed by atoms with van der Waals surface area (Å²) in [4.78, 5) is 20.8. The fourth-order valence-corrected chi connectivity index (χ4v) is 4.43. The second kappa shape index (κ2) is 12.2. The van der Waals surface area contributed by atoms with Crippen LogP contribution in [0, 0.1) is 5.92 Å². The Morgan fingerprint density at radius 1 is 1.28 bits per heavy atom. The number of amides is 1. The lowest BCUT2D eigenvalue weighted by Gasteiger charge is -2.31. The zero-order valence-electron chi connectivity index (χ0n) is 15.8. The van der Waals surface area contributed by atoms with Gasteiger partial charge in [0.1, 0.15) is 0 Å². The van der Waals surface area contributed by atoms with Crippen LogP contribution in [0.3, 0.4) is 0 Å². The summed E-state index contributed by atoms with van der Waals surface area (Å²) in [6, 6.07) is 0.338. The van der Waals surface area contributed by atoms with Crippen LogP contribution in [0.5, 0.6) is 0 Å². The molecule has 0 spiro atoms. The van der Waals surface area contributed by atoms with E-state index >= 15 is 0 Å². The first-order chi connectivity index (χ1) is 11.6. The molecule has 2 N–H and O–H groups in total. The zero-order valence-corrected chi connectivity index (χ0v) is 18.9. The van der Waals surface area contributed by atoms with Gasteiger partial charge < -0.3 is 15.5 Å². The highest BCUT2D eigenvalue weighted by molar-refractivity contribution is 14.0. The highest BCUT2D eigenvalue weighted by atomic mass is 127. The molecule has 0 bridgehead atoms. The molecule has 0 aromatic heterocycles. The molecular formula is C17H34IN5OS. The summed E-state index contributed by atoms with van der Waals surface area (Å²) in [5.41, 5.74) is 0. The number of carbonyl (C=O) groups excluding carboxylic acids is 1. The maximum atomic E-state index is 12.2. The Kier molecular flexibility index (Phi) is 11.2. The molecule has 0 radical (unpaired) electrons. The number of carbonyl (C=O) groups is 1. The third-order valence-corrected chi connectivity index (χ3v) is 5.80. The van der Waals surface area contributed by atoms with Crippen LogP contribution in [-0.4, -0.2) is 86.5 Å². The number of hydrogen-bond acceptors (Lipinski definition) is 4. The van der Waals surface area contributed by atoms with Gasteiger partial charge in [-0.2, -0.15) is 11.8 Å². The lowest BCUT2D eigenvalue weighted by atomic mass is 9.85. The Balaban J connectivity index is 0.00000312. The summed E-state index contributed by atoms with van der Waals surface area (Å²) in [6.45, 7) is 4.36. The zero-order chi connectivity index (χ0) is 17.4. The van der Waals surface area contributed by atoms with Crippen LogP contribution in [0.1, 0.15) is 25.7 Å². The van der Waals surface area contributed by atoms with Gasteiger partial charge in [0.05, 0.1) is 0 Å². The predicted octanol–water partition coefficient (Wildman–Crippen LogP) is 1.47. The summed E-state index contributed by atoms with van der Waals surface area (Å²) in [5.74, 6) is 3.76. The summed E-state index contributed by atoms with van der Waals surface area (Å²) < 4.78 is 0. The number of nitrogens with one attached hydrogen (secondary N) is 2. The molecule has 2 atom stereocenters. The normalized spacial score (nSPS) is 25.0. The lowest BCUT2D eigenvalue weighted by molar-refractivity contribution is -0.134. The number of thioether (sulfide) groups is 1. The fourth-order valence-electron chi connectivity index (χ4n) is 3.46. The lowest BCUT2D eigenvalue weighted by Crippen LogP contribution is -2.48. The maximum Gasteiger partial charge on any atom is 0.225 e. The third kappa shape index (κ3) is 7.90. The Labute approximate surface area is 174 Å². The summed E-state index contributed by atoms with van der Waals surface area (Å²) in [5, 5.41) is 6.94. The van der Waals surface area contributed by atoms with E-state index in [0.717, 1.165) is 44.7 Å². The number of aliphatic imine (C=N–C) groups is 1. The molecule has 0 aromatic rings. The molecule has 25 heavy (non-hydrogen) atoms. The minimum absolute atomic E-state index is 0. The van der Waals surface area contributed by atoms with E-state index in [1.807, 2.05) is 32.9 Å². The number of guanidine groups is 1. The molecule has 6 nitrogen and oxygen atoms in total. The Morgan fingerprint density at radius 2 is 2.00 bits per heavy atom. The minimum atomic E-state index is 0. The maximum absolute atomic E-state index is 12.2. The average molecular weight is 483 g/mol. The number of hydrogen-bond donors (Lipinski definition) is 2. The van der Waals surface area contributed by atoms with Crippen molar-refractivity contribution in [2.75, 3.05) is 58.8 Å². The minimum Gasteiger partial charge on any atom is -0.355 e. The smallest absolute Gasteiger partial charge is 0.225 e. The molecule has 2 unspecified atom stereocenters. The van der Waals surface area contributed by atoms with Crippen LogP contribution in [0.25, 0.3) is 0 Å². The first-order valence-corrected chi connectivity index (χ1v) is 10.2. The summed E-state index contributed by atoms with van der Waals surface area (Å²) in [6.07, 6.45) is 4.13.